The van der Waals surface area contributed by atoms with E-state index >= 15 is 0 Å². The van der Waals surface area contributed by atoms with Crippen molar-refractivity contribution in [2.24, 2.45) is 0 Å². The molecule has 0 bridgehead atoms. The average Bonchev–Trinajstić information content (AvgIpc) is 3.29. The Bertz CT molecular complexity index is 1030. The zero-order valence-corrected chi connectivity index (χ0v) is 14.3. The van der Waals surface area contributed by atoms with Crippen LogP contribution in [0.4, 0.5) is 5.95 Å². The molecule has 130 valence electrons. The van der Waals surface area contributed by atoms with Gasteiger partial charge in [-0.2, -0.15) is 5.10 Å². The van der Waals surface area contributed by atoms with Crippen LogP contribution >= 0.6 is 0 Å². The van der Waals surface area contributed by atoms with E-state index < -0.39 is 0 Å². The van der Waals surface area contributed by atoms with Crippen molar-refractivity contribution in [2.75, 3.05) is 5.32 Å². The van der Waals surface area contributed by atoms with Crippen molar-refractivity contribution in [1.82, 2.24) is 24.3 Å². The first-order valence-electron chi connectivity index (χ1n) is 8.42. The number of aryl methyl sites for hydroxylation is 1. The molecule has 0 aliphatic carbocycles. The lowest BCUT2D eigenvalue weighted by Crippen LogP contribution is -2.16. The maximum atomic E-state index is 12.6. The van der Waals surface area contributed by atoms with Crippen LogP contribution in [0.1, 0.15) is 22.8 Å². The predicted octanol–water partition coefficient (Wildman–Crippen LogP) is 2.95. The average molecular weight is 346 g/mol. The third-order valence-electron chi connectivity index (χ3n) is 4.22. The second-order valence-corrected chi connectivity index (χ2v) is 5.91. The Balaban J connectivity index is 1.53. The van der Waals surface area contributed by atoms with Crippen LogP contribution in [0.25, 0.3) is 11.0 Å². The summed E-state index contributed by atoms with van der Waals surface area (Å²) in [6.45, 7) is 3.38. The van der Waals surface area contributed by atoms with Crippen molar-refractivity contribution >= 4 is 22.9 Å². The number of hydrogen-bond acceptors (Lipinski definition) is 4. The molecule has 0 radical (unpaired) electrons. The molecule has 7 heteroatoms. The monoisotopic (exact) mass is 346 g/mol. The minimum absolute atomic E-state index is 0.178. The molecule has 0 aliphatic heterocycles. The van der Waals surface area contributed by atoms with Gasteiger partial charge in [0.1, 0.15) is 12.7 Å². The minimum atomic E-state index is -0.178. The summed E-state index contributed by atoms with van der Waals surface area (Å²) in [5, 5.41) is 7.00. The zero-order valence-electron chi connectivity index (χ0n) is 14.3. The van der Waals surface area contributed by atoms with Crippen molar-refractivity contribution < 1.29 is 4.79 Å². The van der Waals surface area contributed by atoms with E-state index in [-0.39, 0.29) is 5.91 Å². The highest BCUT2D eigenvalue weighted by molar-refractivity contribution is 6.04. The number of aromatic nitrogens is 5. The molecule has 0 aliphatic rings. The Labute approximate surface area is 150 Å². The van der Waals surface area contributed by atoms with Crippen LogP contribution < -0.4 is 5.32 Å². The lowest BCUT2D eigenvalue weighted by molar-refractivity contribution is 0.102. The third kappa shape index (κ3) is 3.06. The Morgan fingerprint density at radius 1 is 1.12 bits per heavy atom. The molecule has 4 rings (SSSR count). The Morgan fingerprint density at radius 2 is 1.92 bits per heavy atom. The summed E-state index contributed by atoms with van der Waals surface area (Å²) in [6, 6.07) is 15.3. The molecule has 0 saturated carbocycles. The van der Waals surface area contributed by atoms with Gasteiger partial charge in [-0.05, 0) is 36.8 Å². The number of benzene rings is 2. The number of carbonyl (C=O) groups is 1. The van der Waals surface area contributed by atoms with Crippen molar-refractivity contribution in [2.45, 2.75) is 20.0 Å². The van der Waals surface area contributed by atoms with Crippen molar-refractivity contribution in [3.8, 4) is 0 Å². The predicted molar refractivity (Wildman–Crippen MR) is 98.9 cm³/mol. The fourth-order valence-electron chi connectivity index (χ4n) is 2.93. The van der Waals surface area contributed by atoms with Crippen LogP contribution in [0.15, 0.2) is 61.2 Å². The summed E-state index contributed by atoms with van der Waals surface area (Å²) in [6.07, 6.45) is 3.16. The van der Waals surface area contributed by atoms with Gasteiger partial charge in [-0.3, -0.25) is 10.1 Å². The molecule has 2 aromatic carbocycles. The Hall–Kier alpha value is -3.48. The number of fused-ring (bicyclic) bond motifs is 1. The van der Waals surface area contributed by atoms with Crippen LogP contribution in [0.2, 0.25) is 0 Å². The molecule has 26 heavy (non-hydrogen) atoms. The van der Waals surface area contributed by atoms with E-state index in [1.807, 2.05) is 47.9 Å². The molecule has 4 aromatic rings. The molecule has 7 nitrogen and oxygen atoms in total. The summed E-state index contributed by atoms with van der Waals surface area (Å²) >= 11 is 0. The number of carbonyl (C=O) groups excluding carboxylic acids is 1. The van der Waals surface area contributed by atoms with Gasteiger partial charge < -0.3 is 4.57 Å². The van der Waals surface area contributed by atoms with E-state index in [1.54, 1.807) is 23.1 Å². The van der Waals surface area contributed by atoms with Gasteiger partial charge in [0.25, 0.3) is 5.91 Å². The van der Waals surface area contributed by atoms with Crippen molar-refractivity contribution in [3.63, 3.8) is 0 Å². The summed E-state index contributed by atoms with van der Waals surface area (Å²) in [5.41, 5.74) is 3.51. The van der Waals surface area contributed by atoms with E-state index in [2.05, 4.69) is 20.4 Å². The lowest BCUT2D eigenvalue weighted by atomic mass is 10.1. The van der Waals surface area contributed by atoms with E-state index in [9.17, 15) is 4.79 Å². The van der Waals surface area contributed by atoms with Gasteiger partial charge in [0.05, 0.1) is 17.6 Å². The van der Waals surface area contributed by atoms with Gasteiger partial charge in [0.2, 0.25) is 5.95 Å². The molecule has 2 heterocycles. The van der Waals surface area contributed by atoms with E-state index in [4.69, 9.17) is 0 Å². The Morgan fingerprint density at radius 3 is 2.65 bits per heavy atom. The van der Waals surface area contributed by atoms with Crippen LogP contribution in [0.5, 0.6) is 0 Å². The van der Waals surface area contributed by atoms with Gasteiger partial charge in [0.15, 0.2) is 0 Å². The van der Waals surface area contributed by atoms with Crippen LogP contribution in [-0.4, -0.2) is 30.2 Å². The first-order chi connectivity index (χ1) is 12.7. The van der Waals surface area contributed by atoms with Crippen LogP contribution in [-0.2, 0) is 13.1 Å². The number of nitrogens with one attached hydrogen (secondary N) is 1. The topological polar surface area (TPSA) is 77.6 Å². The van der Waals surface area contributed by atoms with Gasteiger partial charge in [-0.25, -0.2) is 14.6 Å². The number of nitrogens with zero attached hydrogens (tertiary/aromatic N) is 5. The first kappa shape index (κ1) is 16.0. The number of amides is 1. The normalized spacial score (nSPS) is 11.0. The number of imidazole rings is 1. The van der Waals surface area contributed by atoms with E-state index in [1.165, 1.54) is 6.33 Å². The second kappa shape index (κ2) is 6.79. The van der Waals surface area contributed by atoms with E-state index in [0.717, 1.165) is 23.1 Å². The van der Waals surface area contributed by atoms with Crippen molar-refractivity contribution in [3.05, 3.63) is 72.3 Å². The second-order valence-electron chi connectivity index (χ2n) is 5.91. The summed E-state index contributed by atoms with van der Waals surface area (Å²) in [7, 11) is 0. The first-order valence-corrected chi connectivity index (χ1v) is 8.42. The third-order valence-corrected chi connectivity index (χ3v) is 4.22. The molecule has 1 N–H and O–H groups in total. The summed E-state index contributed by atoms with van der Waals surface area (Å²) in [4.78, 5) is 21.0. The standard InChI is InChI=1S/C19H18N6O/c1-2-25-17-6-4-3-5-16(17)22-19(25)23-18(26)15-9-7-14(8-10-15)11-24-13-20-12-21-24/h3-10,12-13H,2,11H2,1H3,(H,22,23,26). The largest absolute Gasteiger partial charge is 0.310 e. The quantitative estimate of drug-likeness (QED) is 0.603. The van der Waals surface area contributed by atoms with Crippen LogP contribution in [0.3, 0.4) is 0 Å². The van der Waals surface area contributed by atoms with Gasteiger partial charge in [-0.15, -0.1) is 0 Å². The molecule has 0 spiro atoms. The maximum absolute atomic E-state index is 12.6. The van der Waals surface area contributed by atoms with Gasteiger partial charge >= 0.3 is 0 Å². The van der Waals surface area contributed by atoms with Crippen LogP contribution in [0, 0.1) is 0 Å². The highest BCUT2D eigenvalue weighted by Crippen LogP contribution is 2.20. The molecule has 0 saturated heterocycles. The van der Waals surface area contributed by atoms with E-state index in [0.29, 0.717) is 18.1 Å². The fraction of sp³-hybridized carbons (Fsp3) is 0.158. The van der Waals surface area contributed by atoms with Gasteiger partial charge in [-0.1, -0.05) is 24.3 Å². The maximum Gasteiger partial charge on any atom is 0.257 e. The smallest absolute Gasteiger partial charge is 0.257 e. The zero-order chi connectivity index (χ0) is 17.9. The number of rotatable bonds is 5. The number of hydrogen-bond donors (Lipinski definition) is 1. The molecular weight excluding hydrogens is 328 g/mol. The Kier molecular flexibility index (Phi) is 4.18. The molecule has 2 aromatic heterocycles. The molecule has 1 amide bonds. The highest BCUT2D eigenvalue weighted by Gasteiger charge is 2.13. The SMILES string of the molecule is CCn1c(NC(=O)c2ccc(Cn3cncn3)cc2)nc2ccccc21. The molecular formula is C19H18N6O. The molecule has 0 atom stereocenters. The summed E-state index contributed by atoms with van der Waals surface area (Å²) in [5.74, 6) is 0.382. The number of anilines is 1. The lowest BCUT2D eigenvalue weighted by Gasteiger charge is -2.08. The fourth-order valence-corrected chi connectivity index (χ4v) is 2.93. The summed E-state index contributed by atoms with van der Waals surface area (Å²) < 4.78 is 3.73. The molecule has 0 fully saturated rings. The molecule has 0 unspecified atom stereocenters. The van der Waals surface area contributed by atoms with Crippen molar-refractivity contribution in [1.29, 1.82) is 0 Å². The number of para-hydroxylation sites is 2. The minimum Gasteiger partial charge on any atom is -0.310 e. The van der Waals surface area contributed by atoms with Gasteiger partial charge in [0, 0.05) is 12.1 Å². The highest BCUT2D eigenvalue weighted by atomic mass is 16.1.